The molecule has 13 rings (SSSR count). The fourth-order valence-electron chi connectivity index (χ4n) is 12.6. The minimum Gasteiger partial charge on any atom is -0.338 e. The van der Waals surface area contributed by atoms with Crippen LogP contribution in [0.25, 0.3) is 66.4 Å². The van der Waals surface area contributed by atoms with Gasteiger partial charge in [0.25, 0.3) is 0 Å². The minimum absolute atomic E-state index is 0.229. The van der Waals surface area contributed by atoms with Crippen LogP contribution in [-0.4, -0.2) is 6.04 Å². The molecule has 2 unspecified atom stereocenters. The third-order valence-electron chi connectivity index (χ3n) is 15.3. The molecule has 10 aromatic rings. The molecule has 3 aliphatic rings. The second kappa shape index (κ2) is 16.4. The Hall–Kier alpha value is -7.94. The van der Waals surface area contributed by atoms with E-state index in [4.69, 9.17) is 0 Å². The van der Waals surface area contributed by atoms with E-state index in [-0.39, 0.29) is 12.0 Å². The molecule has 0 N–H and O–H groups in total. The molecule has 2 heteroatoms. The smallest absolute Gasteiger partial charge is 0.0540 e. The van der Waals surface area contributed by atoms with Crippen LogP contribution in [0.2, 0.25) is 0 Å². The van der Waals surface area contributed by atoms with Crippen molar-refractivity contribution in [3.05, 3.63) is 245 Å². The average Bonchev–Trinajstić information content (AvgIpc) is 3.80. The first-order chi connectivity index (χ1) is 33.9. The van der Waals surface area contributed by atoms with E-state index in [9.17, 15) is 0 Å². The zero-order valence-electron chi connectivity index (χ0n) is 39.8. The molecule has 0 aromatic heterocycles. The largest absolute Gasteiger partial charge is 0.338 e. The third kappa shape index (κ3) is 6.68. The van der Waals surface area contributed by atoms with Gasteiger partial charge in [-0.3, -0.25) is 0 Å². The summed E-state index contributed by atoms with van der Waals surface area (Å²) in [4.78, 5) is 5.13. The normalized spacial score (nSPS) is 15.1. The van der Waals surface area contributed by atoms with Crippen LogP contribution in [0.5, 0.6) is 0 Å². The molecule has 0 saturated carbocycles. The first kappa shape index (κ1) is 41.3. The van der Waals surface area contributed by atoms with Gasteiger partial charge in [-0.1, -0.05) is 152 Å². The van der Waals surface area contributed by atoms with E-state index in [0.29, 0.717) is 0 Å². The second-order valence-electron chi connectivity index (χ2n) is 19.8. The highest BCUT2D eigenvalue weighted by Crippen LogP contribution is 2.65. The van der Waals surface area contributed by atoms with Crippen LogP contribution in [0.15, 0.2) is 206 Å². The van der Waals surface area contributed by atoms with Gasteiger partial charge in [-0.2, -0.15) is 0 Å². The van der Waals surface area contributed by atoms with Gasteiger partial charge in [-0.05, 0) is 202 Å². The van der Waals surface area contributed by atoms with E-state index in [1.165, 1.54) is 122 Å². The van der Waals surface area contributed by atoms with Crippen molar-refractivity contribution in [1.29, 1.82) is 0 Å². The number of aryl methyl sites for hydroxylation is 4. The summed E-state index contributed by atoms with van der Waals surface area (Å²) >= 11 is 0. The van der Waals surface area contributed by atoms with Crippen molar-refractivity contribution >= 4 is 39.2 Å². The predicted molar refractivity (Wildman–Crippen MR) is 292 cm³/mol. The molecule has 3 aliphatic carbocycles. The van der Waals surface area contributed by atoms with E-state index < -0.39 is 0 Å². The van der Waals surface area contributed by atoms with Crippen LogP contribution in [-0.2, 0) is 6.42 Å². The van der Waals surface area contributed by atoms with Gasteiger partial charge >= 0.3 is 0 Å². The van der Waals surface area contributed by atoms with Crippen LogP contribution < -0.4 is 9.80 Å². The highest BCUT2D eigenvalue weighted by atomic mass is 15.2. The zero-order valence-corrected chi connectivity index (χ0v) is 39.8. The SMILES string of the molecule is Cc1cccc(N(c2cccc(C)c2)c2ccc3c4c(cccc24)-c2c-3c(-c3ccccc3)c3c(c2-c2ccccc2)C2CCC(N(c4cccc(C)c4)c4cccc(C)c4)Cc4cccc-3c42)c1. The molecule has 0 aliphatic heterocycles. The minimum atomic E-state index is 0.229. The lowest BCUT2D eigenvalue weighted by Crippen LogP contribution is -2.33. The molecule has 0 bridgehead atoms. The molecule has 0 fully saturated rings. The van der Waals surface area contributed by atoms with Crippen molar-refractivity contribution in [1.82, 2.24) is 0 Å². The van der Waals surface area contributed by atoms with E-state index in [0.717, 1.165) is 30.6 Å². The van der Waals surface area contributed by atoms with Gasteiger partial charge in [0, 0.05) is 40.1 Å². The van der Waals surface area contributed by atoms with Gasteiger partial charge in [-0.25, -0.2) is 0 Å². The Balaban J connectivity index is 1.08. The maximum Gasteiger partial charge on any atom is 0.0540 e. The Bertz CT molecular complexity index is 3570. The van der Waals surface area contributed by atoms with Gasteiger partial charge in [-0.15, -0.1) is 0 Å². The second-order valence-corrected chi connectivity index (χ2v) is 19.8. The summed E-state index contributed by atoms with van der Waals surface area (Å²) in [6.07, 6.45) is 3.07. The number of hydrogen-bond acceptors (Lipinski definition) is 2. The fraction of sp³-hybridized carbons (Fsp3) is 0.134. The average molecular weight is 887 g/mol. The van der Waals surface area contributed by atoms with Crippen molar-refractivity contribution in [2.75, 3.05) is 9.80 Å². The molecule has 10 aromatic carbocycles. The standard InChI is InChI=1S/C67H54N2/c1-42-17-11-26-49(37-42)68(50-27-12-18-43(2)38-50)53-33-34-57-60-48(41-53)25-15-31-55(60)64-61(46-21-7-5-8-22-46)67-58-35-36-59(69(51-28-13-19-44(3)39-51)52-29-14-20-45(4)40-52)54-30-16-32-56(63(54)58)65(67)62(66(57)64)47-23-9-6-10-24-47/h5-32,35-40,53,57H,33-34,41H2,1-4H3. The third-order valence-corrected chi connectivity index (χ3v) is 15.3. The number of anilines is 5. The van der Waals surface area contributed by atoms with E-state index in [1.54, 1.807) is 0 Å². The predicted octanol–water partition coefficient (Wildman–Crippen LogP) is 18.2. The molecule has 2 atom stereocenters. The summed E-state index contributed by atoms with van der Waals surface area (Å²) in [6, 6.07) is 78.3. The molecule has 69 heavy (non-hydrogen) atoms. The van der Waals surface area contributed by atoms with Crippen LogP contribution in [0.1, 0.15) is 57.7 Å². The quantitative estimate of drug-likeness (QED) is 0.150. The monoisotopic (exact) mass is 886 g/mol. The van der Waals surface area contributed by atoms with Crippen molar-refractivity contribution < 1.29 is 0 Å². The van der Waals surface area contributed by atoms with E-state index >= 15 is 0 Å². The van der Waals surface area contributed by atoms with Crippen LogP contribution in [0, 0.1) is 27.7 Å². The van der Waals surface area contributed by atoms with Crippen LogP contribution in [0.4, 0.5) is 28.4 Å². The van der Waals surface area contributed by atoms with Crippen molar-refractivity contribution in [2.45, 2.75) is 58.9 Å². The van der Waals surface area contributed by atoms with E-state index in [1.807, 2.05) is 0 Å². The lowest BCUT2D eigenvalue weighted by Gasteiger charge is -2.34. The number of benzene rings is 10. The molecule has 0 saturated heterocycles. The lowest BCUT2D eigenvalue weighted by molar-refractivity contribution is 0.569. The molecule has 0 radical (unpaired) electrons. The summed E-state index contributed by atoms with van der Waals surface area (Å²) in [7, 11) is 0. The highest BCUT2D eigenvalue weighted by molar-refractivity contribution is 6.26. The van der Waals surface area contributed by atoms with E-state index in [2.05, 4.69) is 244 Å². The van der Waals surface area contributed by atoms with Crippen molar-refractivity contribution in [3.63, 3.8) is 0 Å². The highest BCUT2D eigenvalue weighted by Gasteiger charge is 2.43. The maximum atomic E-state index is 2.66. The zero-order chi connectivity index (χ0) is 46.3. The molecule has 332 valence electrons. The van der Waals surface area contributed by atoms with Gasteiger partial charge < -0.3 is 9.80 Å². The summed E-state index contributed by atoms with van der Waals surface area (Å²) in [6.45, 7) is 8.82. The Kier molecular flexibility index (Phi) is 9.80. The maximum absolute atomic E-state index is 2.66. The Morgan fingerprint density at radius 2 is 0.884 bits per heavy atom. The van der Waals surface area contributed by atoms with Crippen LogP contribution >= 0.6 is 0 Å². The summed E-state index contributed by atoms with van der Waals surface area (Å²) in [5.41, 5.74) is 29.0. The van der Waals surface area contributed by atoms with Gasteiger partial charge in [0.15, 0.2) is 0 Å². The van der Waals surface area contributed by atoms with Crippen LogP contribution in [0.3, 0.4) is 0 Å². The first-order valence-electron chi connectivity index (χ1n) is 24.8. The molecular formula is C67H54N2. The summed E-state index contributed by atoms with van der Waals surface area (Å²) in [5.74, 6) is 0.229. The topological polar surface area (TPSA) is 6.48 Å². The number of rotatable bonds is 8. The lowest BCUT2D eigenvalue weighted by atomic mass is 9.78. The van der Waals surface area contributed by atoms with Crippen molar-refractivity contribution in [3.8, 4) is 55.6 Å². The molecule has 0 amide bonds. The number of fused-ring (bicyclic) bond motifs is 6. The molecular weight excluding hydrogens is 833 g/mol. The summed E-state index contributed by atoms with van der Waals surface area (Å²) < 4.78 is 0. The van der Waals surface area contributed by atoms with Gasteiger partial charge in [0.2, 0.25) is 0 Å². The molecule has 0 spiro atoms. The Morgan fingerprint density at radius 3 is 1.49 bits per heavy atom. The Morgan fingerprint density at radius 1 is 0.377 bits per heavy atom. The number of hydrogen-bond donors (Lipinski definition) is 0. The molecule has 2 nitrogen and oxygen atoms in total. The first-order valence-corrected chi connectivity index (χ1v) is 24.8. The Labute approximate surface area is 406 Å². The fourth-order valence-corrected chi connectivity index (χ4v) is 12.6. The summed E-state index contributed by atoms with van der Waals surface area (Å²) in [5, 5.41) is 2.59. The van der Waals surface area contributed by atoms with Gasteiger partial charge in [0.1, 0.15) is 0 Å². The van der Waals surface area contributed by atoms with Gasteiger partial charge in [0.05, 0.1) is 5.69 Å². The number of nitrogens with zero attached hydrogens (tertiary/aromatic N) is 2. The van der Waals surface area contributed by atoms with Crippen molar-refractivity contribution in [2.24, 2.45) is 0 Å². The molecule has 0 heterocycles.